The first-order chi connectivity index (χ1) is 25.4. The molecule has 0 radical (unpaired) electrons. The number of carbonyl (C=O) groups excluding carboxylic acids is 2. The normalized spacial score (nSPS) is 24.0. The van der Waals surface area contributed by atoms with E-state index in [1.54, 1.807) is 33.3 Å². The number of hydrogen-bond acceptors (Lipinski definition) is 8. The predicted molar refractivity (Wildman–Crippen MR) is 198 cm³/mol. The van der Waals surface area contributed by atoms with Gasteiger partial charge < -0.3 is 28.6 Å². The number of likely N-dealkylation sites (tertiary alicyclic amines) is 1. The predicted octanol–water partition coefficient (Wildman–Crippen LogP) is 6.98. The zero-order valence-electron chi connectivity index (χ0n) is 31.3. The summed E-state index contributed by atoms with van der Waals surface area (Å²) in [6.07, 6.45) is 5.53. The fourth-order valence-electron chi connectivity index (χ4n) is 9.32. The summed E-state index contributed by atoms with van der Waals surface area (Å²) < 4.78 is 28.7. The first kappa shape index (κ1) is 35.9. The summed E-state index contributed by atoms with van der Waals surface area (Å²) in [5, 5.41) is 0. The SMILES string of the molecule is CC[C@@H]1CN2CCc3cc(OC)c(OC)cc3[C@@H]2C[C@@H]1C[C@@H]1c2cc(OC)c(OC)cc2CCN1C(=O)[C@@H]1CCCN1C(=O)OCc1ccccc1. The Morgan fingerprint density at radius 2 is 1.38 bits per heavy atom. The molecular weight excluding hydrogens is 658 g/mol. The number of ether oxygens (including phenoxy) is 5. The van der Waals surface area contributed by atoms with Crippen LogP contribution in [-0.2, 0) is 29.0 Å². The van der Waals surface area contributed by atoms with Gasteiger partial charge in [0.1, 0.15) is 12.6 Å². The van der Waals surface area contributed by atoms with Gasteiger partial charge in [-0.05, 0) is 102 Å². The highest BCUT2D eigenvalue weighted by Crippen LogP contribution is 2.49. The monoisotopic (exact) mass is 711 g/mol. The van der Waals surface area contributed by atoms with Crippen molar-refractivity contribution >= 4 is 12.0 Å². The molecule has 3 aromatic rings. The lowest BCUT2D eigenvalue weighted by molar-refractivity contribution is -0.139. The number of amides is 2. The van der Waals surface area contributed by atoms with Crippen molar-refractivity contribution in [3.63, 3.8) is 0 Å². The second-order valence-corrected chi connectivity index (χ2v) is 14.7. The van der Waals surface area contributed by atoms with E-state index in [0.29, 0.717) is 49.3 Å². The van der Waals surface area contributed by atoms with Gasteiger partial charge in [0.15, 0.2) is 23.0 Å². The zero-order valence-corrected chi connectivity index (χ0v) is 31.3. The summed E-state index contributed by atoms with van der Waals surface area (Å²) in [6.45, 7) is 5.60. The van der Waals surface area contributed by atoms with Gasteiger partial charge in [-0.2, -0.15) is 0 Å². The molecule has 4 aliphatic rings. The van der Waals surface area contributed by atoms with Gasteiger partial charge in [0.25, 0.3) is 0 Å². The van der Waals surface area contributed by atoms with E-state index in [1.165, 1.54) is 16.7 Å². The molecule has 52 heavy (non-hydrogen) atoms. The van der Waals surface area contributed by atoms with E-state index in [-0.39, 0.29) is 24.6 Å². The number of piperidine rings is 1. The van der Waals surface area contributed by atoms with Crippen LogP contribution in [0.3, 0.4) is 0 Å². The molecule has 7 rings (SSSR count). The Bertz CT molecular complexity index is 1750. The minimum absolute atomic E-state index is 0.00456. The molecule has 4 aliphatic heterocycles. The van der Waals surface area contributed by atoms with Gasteiger partial charge in [0.2, 0.25) is 5.91 Å². The largest absolute Gasteiger partial charge is 0.493 e. The standard InChI is InChI=1S/C42H53N3O7/c1-6-28-25-43-17-14-29-21-37(48-2)39(50-4)23-32(29)35(43)19-31(28)20-36-33-24-40(51-5)38(49-3)22-30(33)15-18-44(36)41(46)34-13-10-16-45(34)42(47)52-26-27-11-8-7-9-12-27/h7-9,11-12,21-24,28,31,34-36H,6,10,13-20,25-26H2,1-5H3/t28-,31-,34+,35+,36-/m1/s1. The van der Waals surface area contributed by atoms with Crippen molar-refractivity contribution in [2.75, 3.05) is 54.6 Å². The van der Waals surface area contributed by atoms with Crippen LogP contribution in [0.4, 0.5) is 4.79 Å². The Balaban J connectivity index is 1.19. The van der Waals surface area contributed by atoms with Crippen LogP contribution in [0.5, 0.6) is 23.0 Å². The average molecular weight is 712 g/mol. The van der Waals surface area contributed by atoms with Crippen molar-refractivity contribution in [3.05, 3.63) is 82.4 Å². The lowest BCUT2D eigenvalue weighted by Crippen LogP contribution is -2.52. The minimum atomic E-state index is -0.552. The average Bonchev–Trinajstić information content (AvgIpc) is 3.69. The number of methoxy groups -OCH3 is 4. The highest BCUT2D eigenvalue weighted by Gasteiger charge is 2.45. The van der Waals surface area contributed by atoms with Gasteiger partial charge in [-0.15, -0.1) is 0 Å². The summed E-state index contributed by atoms with van der Waals surface area (Å²) in [5.74, 6) is 3.75. The Kier molecular flexibility index (Phi) is 10.8. The van der Waals surface area contributed by atoms with Crippen molar-refractivity contribution < 1.29 is 33.3 Å². The Morgan fingerprint density at radius 3 is 2.06 bits per heavy atom. The van der Waals surface area contributed by atoms with Gasteiger partial charge >= 0.3 is 6.09 Å². The van der Waals surface area contributed by atoms with Crippen molar-refractivity contribution in [1.82, 2.24) is 14.7 Å². The van der Waals surface area contributed by atoms with Crippen molar-refractivity contribution in [2.45, 2.75) is 76.6 Å². The van der Waals surface area contributed by atoms with E-state index in [1.807, 2.05) is 30.3 Å². The maximum Gasteiger partial charge on any atom is 0.410 e. The molecule has 0 aromatic heterocycles. The molecule has 2 amide bonds. The Labute approximate surface area is 307 Å². The number of nitrogens with zero attached hydrogens (tertiary/aromatic N) is 3. The molecule has 278 valence electrons. The van der Waals surface area contributed by atoms with E-state index < -0.39 is 12.1 Å². The summed E-state index contributed by atoms with van der Waals surface area (Å²) in [6, 6.07) is 17.7. The lowest BCUT2D eigenvalue weighted by atomic mass is 9.72. The van der Waals surface area contributed by atoms with Crippen molar-refractivity contribution in [3.8, 4) is 23.0 Å². The number of rotatable bonds is 10. The van der Waals surface area contributed by atoms with Crippen LogP contribution >= 0.6 is 0 Å². The molecule has 0 saturated carbocycles. The van der Waals surface area contributed by atoms with E-state index in [4.69, 9.17) is 23.7 Å². The second kappa shape index (κ2) is 15.7. The second-order valence-electron chi connectivity index (χ2n) is 14.7. The summed E-state index contributed by atoms with van der Waals surface area (Å²) in [4.78, 5) is 34.6. The molecule has 0 aliphatic carbocycles. The van der Waals surface area contributed by atoms with Gasteiger partial charge in [0, 0.05) is 32.2 Å². The maximum atomic E-state index is 14.8. The van der Waals surface area contributed by atoms with Gasteiger partial charge in [-0.1, -0.05) is 43.7 Å². The third-order valence-corrected chi connectivity index (χ3v) is 12.1. The molecule has 0 spiro atoms. The van der Waals surface area contributed by atoms with E-state index in [0.717, 1.165) is 67.8 Å². The molecule has 10 heteroatoms. The van der Waals surface area contributed by atoms with Gasteiger partial charge in [0.05, 0.1) is 34.5 Å². The lowest BCUT2D eigenvalue weighted by Gasteiger charge is -2.49. The Hall–Kier alpha value is -4.44. The smallest absolute Gasteiger partial charge is 0.410 e. The summed E-state index contributed by atoms with van der Waals surface area (Å²) >= 11 is 0. The topological polar surface area (TPSA) is 90.0 Å². The quantitative estimate of drug-likeness (QED) is 0.223. The number of benzene rings is 3. The van der Waals surface area contributed by atoms with Crippen LogP contribution in [0.2, 0.25) is 0 Å². The summed E-state index contributed by atoms with van der Waals surface area (Å²) in [7, 11) is 6.72. The van der Waals surface area contributed by atoms with Crippen molar-refractivity contribution in [2.24, 2.45) is 11.8 Å². The molecule has 10 nitrogen and oxygen atoms in total. The number of hydrogen-bond donors (Lipinski definition) is 0. The molecule has 0 bridgehead atoms. The molecule has 5 atom stereocenters. The van der Waals surface area contributed by atoms with Crippen LogP contribution in [-0.4, -0.2) is 87.4 Å². The highest BCUT2D eigenvalue weighted by atomic mass is 16.6. The third kappa shape index (κ3) is 6.89. The van der Waals surface area contributed by atoms with Crippen molar-refractivity contribution in [1.29, 1.82) is 0 Å². The zero-order chi connectivity index (χ0) is 36.4. The number of carbonyl (C=O) groups is 2. The van der Waals surface area contributed by atoms with Crippen LogP contribution in [0.25, 0.3) is 0 Å². The fraction of sp³-hybridized carbons (Fsp3) is 0.524. The summed E-state index contributed by atoms with van der Waals surface area (Å²) in [5.41, 5.74) is 5.86. The van der Waals surface area contributed by atoms with E-state index in [9.17, 15) is 9.59 Å². The van der Waals surface area contributed by atoms with Gasteiger partial charge in [-0.25, -0.2) is 4.79 Å². The molecular formula is C42H53N3O7. The van der Waals surface area contributed by atoms with Crippen LogP contribution in [0, 0.1) is 11.8 Å². The molecule has 2 fully saturated rings. The Morgan fingerprint density at radius 1 is 0.750 bits per heavy atom. The van der Waals surface area contributed by atoms with Crippen LogP contribution in [0.1, 0.15) is 78.9 Å². The molecule has 3 aromatic carbocycles. The first-order valence-electron chi connectivity index (χ1n) is 18.9. The molecule has 0 unspecified atom stereocenters. The first-order valence-corrected chi connectivity index (χ1v) is 18.9. The maximum absolute atomic E-state index is 14.8. The minimum Gasteiger partial charge on any atom is -0.493 e. The van der Waals surface area contributed by atoms with Gasteiger partial charge in [-0.3, -0.25) is 14.6 Å². The molecule has 4 heterocycles. The third-order valence-electron chi connectivity index (χ3n) is 12.1. The van der Waals surface area contributed by atoms with Crippen LogP contribution < -0.4 is 18.9 Å². The van der Waals surface area contributed by atoms with E-state index >= 15 is 0 Å². The molecule has 2 saturated heterocycles. The van der Waals surface area contributed by atoms with E-state index in [2.05, 4.69) is 41.0 Å². The molecule has 0 N–H and O–H groups in total. The highest BCUT2D eigenvalue weighted by molar-refractivity contribution is 5.87. The fourth-order valence-corrected chi connectivity index (χ4v) is 9.32. The number of fused-ring (bicyclic) bond motifs is 4. The van der Waals surface area contributed by atoms with Crippen LogP contribution in [0.15, 0.2) is 54.6 Å².